The Kier molecular flexibility index (Phi) is 5.93. The number of pyridine rings is 1. The zero-order chi connectivity index (χ0) is 16.6. The molecule has 1 aromatic carbocycles. The van der Waals surface area contributed by atoms with E-state index in [-0.39, 0.29) is 18.1 Å². The number of carbonyl (C=O) groups is 1. The first-order valence-electron chi connectivity index (χ1n) is 8.23. The second-order valence-corrected chi connectivity index (χ2v) is 5.91. The highest BCUT2D eigenvalue weighted by Crippen LogP contribution is 2.14. The van der Waals surface area contributed by atoms with E-state index < -0.39 is 0 Å². The maximum absolute atomic E-state index is 12.3. The molecule has 2 unspecified atom stereocenters. The zero-order valence-electron chi connectivity index (χ0n) is 13.6. The number of carbonyl (C=O) groups excluding carboxylic acids is 1. The predicted octanol–water partition coefficient (Wildman–Crippen LogP) is 2.11. The van der Waals surface area contributed by atoms with Gasteiger partial charge in [0.25, 0.3) is 0 Å². The molecule has 1 fully saturated rings. The molecule has 0 saturated carbocycles. The van der Waals surface area contributed by atoms with Gasteiger partial charge in [-0.05, 0) is 23.6 Å². The average molecular weight is 326 g/mol. The SMILES string of the molecule is O=C(Cc1cccnc1)NC1CCOCC1OCc1ccccc1. The Morgan fingerprint density at radius 1 is 1.21 bits per heavy atom. The molecule has 2 aromatic rings. The lowest BCUT2D eigenvalue weighted by molar-refractivity contribution is -0.126. The van der Waals surface area contributed by atoms with Crippen LogP contribution in [0, 0.1) is 0 Å². The van der Waals surface area contributed by atoms with Crippen molar-refractivity contribution in [1.29, 1.82) is 0 Å². The lowest BCUT2D eigenvalue weighted by Crippen LogP contribution is -2.50. The number of amides is 1. The summed E-state index contributed by atoms with van der Waals surface area (Å²) in [6.07, 6.45) is 4.38. The van der Waals surface area contributed by atoms with Crippen molar-refractivity contribution in [3.63, 3.8) is 0 Å². The Labute approximate surface area is 142 Å². The number of rotatable bonds is 6. The molecule has 1 aromatic heterocycles. The molecule has 126 valence electrons. The minimum absolute atomic E-state index is 0.0109. The van der Waals surface area contributed by atoms with Gasteiger partial charge in [-0.15, -0.1) is 0 Å². The van der Waals surface area contributed by atoms with E-state index in [4.69, 9.17) is 9.47 Å². The van der Waals surface area contributed by atoms with E-state index in [0.29, 0.717) is 26.2 Å². The van der Waals surface area contributed by atoms with Crippen LogP contribution in [0.4, 0.5) is 0 Å². The van der Waals surface area contributed by atoms with Gasteiger partial charge in [-0.1, -0.05) is 36.4 Å². The first-order chi connectivity index (χ1) is 11.8. The van der Waals surface area contributed by atoms with Crippen LogP contribution in [0.1, 0.15) is 17.5 Å². The van der Waals surface area contributed by atoms with E-state index in [1.54, 1.807) is 12.4 Å². The Hall–Kier alpha value is -2.24. The Bertz CT molecular complexity index is 634. The lowest BCUT2D eigenvalue weighted by Gasteiger charge is -2.32. The van der Waals surface area contributed by atoms with Gasteiger partial charge >= 0.3 is 0 Å². The lowest BCUT2D eigenvalue weighted by atomic mass is 10.1. The number of hydrogen-bond acceptors (Lipinski definition) is 4. The summed E-state index contributed by atoms with van der Waals surface area (Å²) >= 11 is 0. The van der Waals surface area contributed by atoms with Crippen LogP contribution in [0.25, 0.3) is 0 Å². The normalized spacial score (nSPS) is 20.5. The summed E-state index contributed by atoms with van der Waals surface area (Å²) in [7, 11) is 0. The van der Waals surface area contributed by atoms with Crippen LogP contribution in [0.2, 0.25) is 0 Å². The van der Waals surface area contributed by atoms with Gasteiger partial charge in [0, 0.05) is 19.0 Å². The first-order valence-corrected chi connectivity index (χ1v) is 8.23. The fourth-order valence-electron chi connectivity index (χ4n) is 2.76. The topological polar surface area (TPSA) is 60.5 Å². The third kappa shape index (κ3) is 4.88. The molecule has 2 atom stereocenters. The fourth-order valence-corrected chi connectivity index (χ4v) is 2.76. The average Bonchev–Trinajstić information content (AvgIpc) is 2.63. The van der Waals surface area contributed by atoms with E-state index in [2.05, 4.69) is 10.3 Å². The van der Waals surface area contributed by atoms with Crippen LogP contribution in [0.3, 0.4) is 0 Å². The van der Waals surface area contributed by atoms with Crippen molar-refractivity contribution in [3.8, 4) is 0 Å². The summed E-state index contributed by atoms with van der Waals surface area (Å²) in [4.78, 5) is 16.3. The monoisotopic (exact) mass is 326 g/mol. The second kappa shape index (κ2) is 8.57. The second-order valence-electron chi connectivity index (χ2n) is 5.91. The molecule has 5 nitrogen and oxygen atoms in total. The predicted molar refractivity (Wildman–Crippen MR) is 90.3 cm³/mol. The van der Waals surface area contributed by atoms with Gasteiger partial charge in [0.1, 0.15) is 6.10 Å². The zero-order valence-corrected chi connectivity index (χ0v) is 13.6. The van der Waals surface area contributed by atoms with Crippen LogP contribution < -0.4 is 5.32 Å². The number of benzene rings is 1. The highest BCUT2D eigenvalue weighted by Gasteiger charge is 2.28. The molecule has 0 bridgehead atoms. The number of hydrogen-bond donors (Lipinski definition) is 1. The van der Waals surface area contributed by atoms with Crippen LogP contribution >= 0.6 is 0 Å². The van der Waals surface area contributed by atoms with Crippen LogP contribution in [0.5, 0.6) is 0 Å². The summed E-state index contributed by atoms with van der Waals surface area (Å²) in [5.74, 6) is -0.0109. The summed E-state index contributed by atoms with van der Waals surface area (Å²) in [5, 5.41) is 3.08. The molecule has 0 radical (unpaired) electrons. The molecule has 3 rings (SSSR count). The van der Waals surface area contributed by atoms with E-state index in [1.807, 2.05) is 42.5 Å². The molecule has 1 aliphatic heterocycles. The molecule has 1 aliphatic rings. The minimum Gasteiger partial charge on any atom is -0.379 e. The molecule has 5 heteroatoms. The summed E-state index contributed by atoms with van der Waals surface area (Å²) in [6, 6.07) is 13.7. The molecule has 24 heavy (non-hydrogen) atoms. The van der Waals surface area contributed by atoms with Gasteiger partial charge in [0.15, 0.2) is 0 Å². The standard InChI is InChI=1S/C19H22N2O3/c22-19(11-16-7-4-9-20-12-16)21-17-8-10-23-14-18(17)24-13-15-5-2-1-3-6-15/h1-7,9,12,17-18H,8,10-11,13-14H2,(H,21,22). The van der Waals surface area contributed by atoms with E-state index >= 15 is 0 Å². The molecule has 0 spiro atoms. The third-order valence-electron chi connectivity index (χ3n) is 4.04. The summed E-state index contributed by atoms with van der Waals surface area (Å²) < 4.78 is 11.5. The Morgan fingerprint density at radius 2 is 2.04 bits per heavy atom. The van der Waals surface area contributed by atoms with Crippen molar-refractivity contribution >= 4 is 5.91 Å². The van der Waals surface area contributed by atoms with Gasteiger partial charge in [0.2, 0.25) is 5.91 Å². The van der Waals surface area contributed by atoms with Gasteiger partial charge in [-0.25, -0.2) is 0 Å². The highest BCUT2D eigenvalue weighted by atomic mass is 16.5. The minimum atomic E-state index is -0.128. The maximum Gasteiger partial charge on any atom is 0.224 e. The molecule has 2 heterocycles. The maximum atomic E-state index is 12.3. The molecule has 1 saturated heterocycles. The van der Waals surface area contributed by atoms with Gasteiger partial charge < -0.3 is 14.8 Å². The van der Waals surface area contributed by atoms with E-state index in [1.165, 1.54) is 0 Å². The third-order valence-corrected chi connectivity index (χ3v) is 4.04. The van der Waals surface area contributed by atoms with Crippen LogP contribution in [-0.4, -0.2) is 36.3 Å². The summed E-state index contributed by atoms with van der Waals surface area (Å²) in [5.41, 5.74) is 2.02. The summed E-state index contributed by atoms with van der Waals surface area (Å²) in [6.45, 7) is 1.66. The van der Waals surface area contributed by atoms with E-state index in [9.17, 15) is 4.79 Å². The van der Waals surface area contributed by atoms with Gasteiger partial charge in [-0.2, -0.15) is 0 Å². The van der Waals surface area contributed by atoms with Crippen molar-refractivity contribution in [2.24, 2.45) is 0 Å². The highest BCUT2D eigenvalue weighted by molar-refractivity contribution is 5.78. The van der Waals surface area contributed by atoms with Crippen LogP contribution in [-0.2, 0) is 27.3 Å². The van der Waals surface area contributed by atoms with Crippen molar-refractivity contribution in [1.82, 2.24) is 10.3 Å². The van der Waals surface area contributed by atoms with Crippen LogP contribution in [0.15, 0.2) is 54.9 Å². The molecular formula is C19H22N2O3. The smallest absolute Gasteiger partial charge is 0.224 e. The Balaban J connectivity index is 1.53. The van der Waals surface area contributed by atoms with Gasteiger partial charge in [0.05, 0.1) is 25.7 Å². The van der Waals surface area contributed by atoms with Crippen molar-refractivity contribution in [2.45, 2.75) is 31.6 Å². The number of aromatic nitrogens is 1. The van der Waals surface area contributed by atoms with E-state index in [0.717, 1.165) is 17.5 Å². The number of nitrogens with zero attached hydrogens (tertiary/aromatic N) is 1. The quantitative estimate of drug-likeness (QED) is 0.883. The fraction of sp³-hybridized carbons (Fsp3) is 0.368. The molecular weight excluding hydrogens is 304 g/mol. The number of ether oxygens (including phenoxy) is 2. The van der Waals surface area contributed by atoms with Gasteiger partial charge in [-0.3, -0.25) is 9.78 Å². The van der Waals surface area contributed by atoms with Crippen molar-refractivity contribution < 1.29 is 14.3 Å². The molecule has 0 aliphatic carbocycles. The first kappa shape index (κ1) is 16.6. The largest absolute Gasteiger partial charge is 0.379 e. The Morgan fingerprint density at radius 3 is 2.83 bits per heavy atom. The number of nitrogens with one attached hydrogen (secondary N) is 1. The molecule has 1 N–H and O–H groups in total. The van der Waals surface area contributed by atoms with Crippen molar-refractivity contribution in [3.05, 3.63) is 66.0 Å². The van der Waals surface area contributed by atoms with Crippen molar-refractivity contribution in [2.75, 3.05) is 13.2 Å². The molecule has 1 amide bonds.